The molecule has 0 unspecified atom stereocenters. The molecule has 0 saturated heterocycles. The van der Waals surface area contributed by atoms with Crippen LogP contribution in [0, 0.1) is 12.7 Å². The molecule has 0 aliphatic carbocycles. The molecule has 1 heterocycles. The molecule has 0 fully saturated rings. The molecule has 2 rings (SSSR count). The summed E-state index contributed by atoms with van der Waals surface area (Å²) in [5, 5.41) is 3.12. The number of benzene rings is 1. The third-order valence-corrected chi connectivity index (χ3v) is 4.23. The predicted molar refractivity (Wildman–Crippen MR) is 85.6 cm³/mol. The second-order valence-electron chi connectivity index (χ2n) is 4.99. The van der Waals surface area contributed by atoms with Crippen molar-refractivity contribution in [2.75, 3.05) is 18.3 Å². The zero-order valence-electron chi connectivity index (χ0n) is 13.1. The number of anilines is 1. The van der Waals surface area contributed by atoms with Crippen LogP contribution < -0.4 is 4.72 Å². The fourth-order valence-corrected chi connectivity index (χ4v) is 2.83. The van der Waals surface area contributed by atoms with E-state index in [1.165, 1.54) is 30.2 Å². The van der Waals surface area contributed by atoms with Crippen molar-refractivity contribution in [1.29, 1.82) is 0 Å². The Hall–Kier alpha value is -2.75. The first-order chi connectivity index (χ1) is 11.2. The van der Waals surface area contributed by atoms with E-state index in [1.54, 1.807) is 6.92 Å². The third-order valence-electron chi connectivity index (χ3n) is 3.07. The van der Waals surface area contributed by atoms with Gasteiger partial charge < -0.3 is 4.90 Å². The second-order valence-corrected chi connectivity index (χ2v) is 6.56. The number of sulfonamides is 1. The molecule has 0 aliphatic rings. The molecule has 0 spiro atoms. The minimum atomic E-state index is -4.11. The molecule has 0 saturated carbocycles. The molecular weight excluding hydrogens is 337 g/mol. The lowest BCUT2D eigenvalue weighted by Crippen LogP contribution is -2.31. The number of nitrogens with one attached hydrogen (secondary N) is 1. The van der Waals surface area contributed by atoms with E-state index in [2.05, 4.69) is 21.4 Å². The topological polar surface area (TPSA) is 97.2 Å². The SMILES string of the molecule is C=CCN(C)C(=O)n1cnc(S(=O)(=O)Nc2ccc(F)cc2C)n1. The highest BCUT2D eigenvalue weighted by Crippen LogP contribution is 2.19. The first-order valence-electron chi connectivity index (χ1n) is 6.81. The molecule has 1 amide bonds. The van der Waals surface area contributed by atoms with E-state index in [1.807, 2.05) is 0 Å². The highest BCUT2D eigenvalue weighted by Gasteiger charge is 2.23. The summed E-state index contributed by atoms with van der Waals surface area (Å²) in [4.78, 5) is 16.9. The summed E-state index contributed by atoms with van der Waals surface area (Å²) in [6.07, 6.45) is 2.53. The maximum Gasteiger partial charge on any atom is 0.346 e. The zero-order chi connectivity index (χ0) is 17.9. The van der Waals surface area contributed by atoms with Crippen LogP contribution in [0.5, 0.6) is 0 Å². The number of carbonyl (C=O) groups is 1. The summed E-state index contributed by atoms with van der Waals surface area (Å²) < 4.78 is 40.7. The van der Waals surface area contributed by atoms with Crippen molar-refractivity contribution in [1.82, 2.24) is 19.7 Å². The van der Waals surface area contributed by atoms with Gasteiger partial charge in [0, 0.05) is 13.6 Å². The van der Waals surface area contributed by atoms with Gasteiger partial charge in [-0.3, -0.25) is 4.72 Å². The minimum absolute atomic E-state index is 0.197. The molecular formula is C14H16FN5O3S. The Labute approximate surface area is 138 Å². The number of amides is 1. The molecule has 1 N–H and O–H groups in total. The van der Waals surface area contributed by atoms with E-state index >= 15 is 0 Å². The summed E-state index contributed by atoms with van der Waals surface area (Å²) >= 11 is 0. The number of hydrogen-bond acceptors (Lipinski definition) is 5. The van der Waals surface area contributed by atoms with Gasteiger partial charge in [0.1, 0.15) is 12.1 Å². The fraction of sp³-hybridized carbons (Fsp3) is 0.214. The Morgan fingerprint density at radius 1 is 1.50 bits per heavy atom. The Morgan fingerprint density at radius 2 is 2.21 bits per heavy atom. The fourth-order valence-electron chi connectivity index (χ4n) is 1.84. The number of nitrogens with zero attached hydrogens (tertiary/aromatic N) is 4. The normalized spacial score (nSPS) is 11.1. The molecule has 10 heteroatoms. The lowest BCUT2D eigenvalue weighted by Gasteiger charge is -2.13. The van der Waals surface area contributed by atoms with E-state index in [9.17, 15) is 17.6 Å². The highest BCUT2D eigenvalue weighted by molar-refractivity contribution is 7.92. The van der Waals surface area contributed by atoms with E-state index in [-0.39, 0.29) is 12.2 Å². The summed E-state index contributed by atoms with van der Waals surface area (Å²) in [7, 11) is -2.59. The van der Waals surface area contributed by atoms with Gasteiger partial charge in [0.25, 0.3) is 15.2 Å². The van der Waals surface area contributed by atoms with E-state index in [4.69, 9.17) is 0 Å². The quantitative estimate of drug-likeness (QED) is 0.824. The molecule has 128 valence electrons. The molecule has 0 aliphatic heterocycles. The van der Waals surface area contributed by atoms with E-state index < -0.39 is 27.0 Å². The first kappa shape index (κ1) is 17.6. The number of aromatic nitrogens is 3. The van der Waals surface area contributed by atoms with Gasteiger partial charge in [0.05, 0.1) is 5.69 Å². The molecule has 2 aromatic rings. The van der Waals surface area contributed by atoms with Gasteiger partial charge in [-0.1, -0.05) is 6.08 Å². The first-order valence-corrected chi connectivity index (χ1v) is 8.30. The average Bonchev–Trinajstić information content (AvgIpc) is 3.00. The van der Waals surface area contributed by atoms with E-state index in [0.717, 1.165) is 17.1 Å². The van der Waals surface area contributed by atoms with Crippen LogP contribution in [-0.2, 0) is 10.0 Å². The standard InChI is InChI=1S/C14H16FN5O3S/c1-4-7-19(3)14(21)20-9-16-13(17-20)24(22,23)18-12-6-5-11(15)8-10(12)2/h4-6,8-9,18H,1,7H2,2-3H3. The van der Waals surface area contributed by atoms with Crippen molar-refractivity contribution in [3.63, 3.8) is 0 Å². The van der Waals surface area contributed by atoms with Crippen LogP contribution in [-0.4, -0.2) is 47.7 Å². The van der Waals surface area contributed by atoms with Crippen LogP contribution in [0.2, 0.25) is 0 Å². The molecule has 0 atom stereocenters. The summed E-state index contributed by atoms with van der Waals surface area (Å²) in [6, 6.07) is 3.06. The summed E-state index contributed by atoms with van der Waals surface area (Å²) in [6.45, 7) is 5.34. The predicted octanol–water partition coefficient (Wildman–Crippen LogP) is 1.61. The molecule has 0 radical (unpaired) electrons. The lowest BCUT2D eigenvalue weighted by atomic mass is 10.2. The van der Waals surface area contributed by atoms with Gasteiger partial charge in [-0.2, -0.15) is 13.1 Å². The average molecular weight is 353 g/mol. The Kier molecular flexibility index (Phi) is 4.98. The smallest absolute Gasteiger partial charge is 0.322 e. The number of likely N-dealkylation sites (N-methyl/N-ethyl adjacent to an activating group) is 1. The summed E-state index contributed by atoms with van der Waals surface area (Å²) in [5.74, 6) is -0.478. The van der Waals surface area contributed by atoms with Gasteiger partial charge in [0.2, 0.25) is 0 Å². The van der Waals surface area contributed by atoms with E-state index in [0.29, 0.717) is 5.56 Å². The van der Waals surface area contributed by atoms with Crippen LogP contribution in [0.25, 0.3) is 0 Å². The van der Waals surface area contributed by atoms with Gasteiger partial charge in [-0.25, -0.2) is 14.2 Å². The highest BCUT2D eigenvalue weighted by atomic mass is 32.2. The van der Waals surface area contributed by atoms with Gasteiger partial charge in [-0.05, 0) is 30.7 Å². The van der Waals surface area contributed by atoms with Crippen molar-refractivity contribution in [3.8, 4) is 0 Å². The number of carbonyl (C=O) groups excluding carboxylic acids is 1. The Bertz CT molecular complexity index is 878. The molecule has 1 aromatic carbocycles. The number of hydrogen-bond donors (Lipinski definition) is 1. The molecule has 1 aromatic heterocycles. The van der Waals surface area contributed by atoms with Gasteiger partial charge in [0.15, 0.2) is 0 Å². The Morgan fingerprint density at radius 3 is 2.83 bits per heavy atom. The summed E-state index contributed by atoms with van der Waals surface area (Å²) in [5.41, 5.74) is 0.600. The molecule has 0 bridgehead atoms. The third kappa shape index (κ3) is 3.77. The van der Waals surface area contributed by atoms with Crippen molar-refractivity contribution in [2.24, 2.45) is 0 Å². The molecule has 24 heavy (non-hydrogen) atoms. The molecule has 8 nitrogen and oxygen atoms in total. The largest absolute Gasteiger partial charge is 0.346 e. The second kappa shape index (κ2) is 6.79. The van der Waals surface area contributed by atoms with Crippen molar-refractivity contribution < 1.29 is 17.6 Å². The monoisotopic (exact) mass is 353 g/mol. The van der Waals surface area contributed by atoms with Crippen LogP contribution in [0.4, 0.5) is 14.9 Å². The maximum absolute atomic E-state index is 13.1. The zero-order valence-corrected chi connectivity index (χ0v) is 13.9. The number of aryl methyl sites for hydroxylation is 1. The number of halogens is 1. The minimum Gasteiger partial charge on any atom is -0.322 e. The van der Waals surface area contributed by atoms with Crippen LogP contribution >= 0.6 is 0 Å². The lowest BCUT2D eigenvalue weighted by molar-refractivity contribution is 0.211. The maximum atomic E-state index is 13.1. The number of rotatable bonds is 5. The Balaban J connectivity index is 2.24. The van der Waals surface area contributed by atoms with Crippen molar-refractivity contribution in [2.45, 2.75) is 12.1 Å². The van der Waals surface area contributed by atoms with Crippen LogP contribution in [0.1, 0.15) is 5.56 Å². The van der Waals surface area contributed by atoms with Gasteiger partial charge in [-0.15, -0.1) is 11.7 Å². The van der Waals surface area contributed by atoms with Gasteiger partial charge >= 0.3 is 6.03 Å². The van der Waals surface area contributed by atoms with Crippen molar-refractivity contribution in [3.05, 3.63) is 48.6 Å². The van der Waals surface area contributed by atoms with Crippen LogP contribution in [0.3, 0.4) is 0 Å². The van der Waals surface area contributed by atoms with Crippen molar-refractivity contribution >= 4 is 21.7 Å². The van der Waals surface area contributed by atoms with Crippen LogP contribution in [0.15, 0.2) is 42.3 Å².